The summed E-state index contributed by atoms with van der Waals surface area (Å²) in [5.74, 6) is -0.484. The van der Waals surface area contributed by atoms with Crippen molar-refractivity contribution < 1.29 is 14.1 Å². The second-order valence-corrected chi connectivity index (χ2v) is 5.82. The van der Waals surface area contributed by atoms with Crippen molar-refractivity contribution in [3.05, 3.63) is 64.4 Å². The van der Waals surface area contributed by atoms with Crippen molar-refractivity contribution in [1.29, 1.82) is 0 Å². The van der Waals surface area contributed by atoms with Gasteiger partial charge in [0.2, 0.25) is 0 Å². The maximum Gasteiger partial charge on any atom is 0.279 e. The van der Waals surface area contributed by atoms with Crippen molar-refractivity contribution in [3.63, 3.8) is 0 Å². The van der Waals surface area contributed by atoms with Gasteiger partial charge in [-0.1, -0.05) is 35.9 Å². The number of rotatable bonds is 5. The molecule has 1 atom stereocenters. The number of benzene rings is 2. The molecule has 0 saturated carbocycles. The summed E-state index contributed by atoms with van der Waals surface area (Å²) in [4.78, 5) is 13.0. The van der Waals surface area contributed by atoms with Gasteiger partial charge in [-0.05, 0) is 30.7 Å². The summed E-state index contributed by atoms with van der Waals surface area (Å²) in [6.07, 6.45) is 0. The molecule has 5 heteroatoms. The van der Waals surface area contributed by atoms with Crippen LogP contribution in [0, 0.1) is 12.7 Å². The Balaban J connectivity index is 1.91. The maximum atomic E-state index is 13.5. The van der Waals surface area contributed by atoms with Crippen molar-refractivity contribution >= 4 is 23.2 Å². The van der Waals surface area contributed by atoms with Crippen LogP contribution in [0.5, 0.6) is 0 Å². The molecule has 0 aliphatic heterocycles. The highest BCUT2D eigenvalue weighted by Gasteiger charge is 2.12. The molecular formula is C17H19ClFN2O+. The molecule has 3 nitrogen and oxygen atoms in total. The SMILES string of the molecule is Cc1ccc(NC(=O)C[NH+](C)Cc2ccccc2Cl)cc1F. The number of carbonyl (C=O) groups excluding carboxylic acids is 1. The number of hydrogen-bond acceptors (Lipinski definition) is 1. The number of quaternary nitrogens is 1. The Bertz CT molecular complexity index is 675. The normalized spacial score (nSPS) is 12.0. The van der Waals surface area contributed by atoms with E-state index in [2.05, 4.69) is 5.32 Å². The third kappa shape index (κ3) is 4.55. The Morgan fingerprint density at radius 2 is 2.00 bits per heavy atom. The van der Waals surface area contributed by atoms with E-state index in [0.29, 0.717) is 22.8 Å². The molecule has 0 aromatic heterocycles. The molecule has 2 aromatic rings. The topological polar surface area (TPSA) is 33.5 Å². The molecule has 2 rings (SSSR count). The number of anilines is 1. The van der Waals surface area contributed by atoms with E-state index in [-0.39, 0.29) is 18.3 Å². The monoisotopic (exact) mass is 321 g/mol. The zero-order chi connectivity index (χ0) is 16.1. The molecule has 2 aromatic carbocycles. The molecule has 0 radical (unpaired) electrons. The van der Waals surface area contributed by atoms with Gasteiger partial charge in [0.05, 0.1) is 7.05 Å². The molecular weight excluding hydrogens is 303 g/mol. The fourth-order valence-corrected chi connectivity index (χ4v) is 2.38. The van der Waals surface area contributed by atoms with E-state index in [1.165, 1.54) is 6.07 Å². The minimum absolute atomic E-state index is 0.159. The van der Waals surface area contributed by atoms with Gasteiger partial charge in [0.1, 0.15) is 12.4 Å². The van der Waals surface area contributed by atoms with Gasteiger partial charge in [-0.25, -0.2) is 4.39 Å². The number of carbonyl (C=O) groups is 1. The van der Waals surface area contributed by atoms with Gasteiger partial charge in [0.15, 0.2) is 6.54 Å². The number of nitrogens with one attached hydrogen (secondary N) is 2. The largest absolute Gasteiger partial charge is 0.326 e. The van der Waals surface area contributed by atoms with Gasteiger partial charge in [-0.2, -0.15) is 0 Å². The Hall–Kier alpha value is -1.91. The maximum absolute atomic E-state index is 13.5. The van der Waals surface area contributed by atoms with Crippen LogP contribution in [0.4, 0.5) is 10.1 Å². The molecule has 116 valence electrons. The summed E-state index contributed by atoms with van der Waals surface area (Å²) in [5, 5.41) is 3.41. The van der Waals surface area contributed by atoms with Crippen LogP contribution in [0.3, 0.4) is 0 Å². The summed E-state index contributed by atoms with van der Waals surface area (Å²) in [7, 11) is 1.92. The van der Waals surface area contributed by atoms with E-state index in [0.717, 1.165) is 10.5 Å². The fraction of sp³-hybridized carbons (Fsp3) is 0.235. The average Bonchev–Trinajstić information content (AvgIpc) is 2.45. The van der Waals surface area contributed by atoms with Crippen molar-refractivity contribution in [2.24, 2.45) is 0 Å². The van der Waals surface area contributed by atoms with E-state index in [4.69, 9.17) is 11.6 Å². The molecule has 0 aliphatic carbocycles. The van der Waals surface area contributed by atoms with E-state index < -0.39 is 0 Å². The average molecular weight is 322 g/mol. The third-order valence-corrected chi connectivity index (χ3v) is 3.74. The number of aryl methyl sites for hydroxylation is 1. The molecule has 0 saturated heterocycles. The molecule has 0 bridgehead atoms. The number of amides is 1. The molecule has 0 spiro atoms. The zero-order valence-corrected chi connectivity index (χ0v) is 13.4. The van der Waals surface area contributed by atoms with Crippen LogP contribution in [0.25, 0.3) is 0 Å². The van der Waals surface area contributed by atoms with E-state index in [9.17, 15) is 9.18 Å². The summed E-state index contributed by atoms with van der Waals surface area (Å²) in [6, 6.07) is 12.2. The lowest BCUT2D eigenvalue weighted by Crippen LogP contribution is -3.08. The Morgan fingerprint density at radius 3 is 2.68 bits per heavy atom. The van der Waals surface area contributed by atoms with Gasteiger partial charge in [0.25, 0.3) is 5.91 Å². The predicted molar refractivity (Wildman–Crippen MR) is 86.7 cm³/mol. The van der Waals surface area contributed by atoms with Crippen molar-refractivity contribution in [3.8, 4) is 0 Å². The Labute approximate surface area is 134 Å². The zero-order valence-electron chi connectivity index (χ0n) is 12.6. The minimum atomic E-state index is -0.324. The standard InChI is InChI=1S/C17H18ClFN2O/c1-12-7-8-14(9-16(12)19)20-17(22)11-21(2)10-13-5-3-4-6-15(13)18/h3-9H,10-11H2,1-2H3,(H,20,22)/p+1. The number of hydrogen-bond donors (Lipinski definition) is 2. The minimum Gasteiger partial charge on any atom is -0.326 e. The Morgan fingerprint density at radius 1 is 1.27 bits per heavy atom. The lowest BCUT2D eigenvalue weighted by atomic mass is 10.2. The lowest BCUT2D eigenvalue weighted by molar-refractivity contribution is -0.885. The van der Waals surface area contributed by atoms with E-state index >= 15 is 0 Å². The van der Waals surface area contributed by atoms with Gasteiger partial charge >= 0.3 is 0 Å². The van der Waals surface area contributed by atoms with Gasteiger partial charge in [-0.15, -0.1) is 0 Å². The second kappa shape index (κ2) is 7.38. The molecule has 0 heterocycles. The summed E-state index contributed by atoms with van der Waals surface area (Å²) >= 11 is 6.11. The fourth-order valence-electron chi connectivity index (χ4n) is 2.18. The van der Waals surface area contributed by atoms with Gasteiger partial charge in [-0.3, -0.25) is 4.79 Å². The van der Waals surface area contributed by atoms with Crippen LogP contribution >= 0.6 is 11.6 Å². The molecule has 1 unspecified atom stereocenters. The van der Waals surface area contributed by atoms with Crippen molar-refractivity contribution in [2.75, 3.05) is 18.9 Å². The molecule has 0 fully saturated rings. The number of likely N-dealkylation sites (N-methyl/N-ethyl adjacent to an activating group) is 1. The second-order valence-electron chi connectivity index (χ2n) is 5.41. The smallest absolute Gasteiger partial charge is 0.279 e. The summed E-state index contributed by atoms with van der Waals surface area (Å²) in [5.41, 5.74) is 2.02. The van der Waals surface area contributed by atoms with E-state index in [1.54, 1.807) is 19.1 Å². The molecule has 1 amide bonds. The first-order valence-electron chi connectivity index (χ1n) is 7.06. The molecule has 0 aliphatic rings. The van der Waals surface area contributed by atoms with Crippen LogP contribution in [0.15, 0.2) is 42.5 Å². The highest BCUT2D eigenvalue weighted by Crippen LogP contribution is 2.14. The van der Waals surface area contributed by atoms with Crippen LogP contribution in [0.2, 0.25) is 5.02 Å². The first-order valence-corrected chi connectivity index (χ1v) is 7.44. The predicted octanol–water partition coefficient (Wildman–Crippen LogP) is 2.44. The summed E-state index contributed by atoms with van der Waals surface area (Å²) in [6.45, 7) is 2.61. The first kappa shape index (κ1) is 16.5. The number of halogens is 2. The van der Waals surface area contributed by atoms with Crippen LogP contribution in [-0.4, -0.2) is 19.5 Å². The third-order valence-electron chi connectivity index (χ3n) is 3.37. The molecule has 22 heavy (non-hydrogen) atoms. The van der Waals surface area contributed by atoms with Gasteiger partial charge < -0.3 is 10.2 Å². The highest BCUT2D eigenvalue weighted by atomic mass is 35.5. The molecule has 2 N–H and O–H groups in total. The highest BCUT2D eigenvalue weighted by molar-refractivity contribution is 6.31. The summed E-state index contributed by atoms with van der Waals surface area (Å²) < 4.78 is 13.5. The van der Waals surface area contributed by atoms with E-state index in [1.807, 2.05) is 31.3 Å². The van der Waals surface area contributed by atoms with Crippen LogP contribution in [0.1, 0.15) is 11.1 Å². The van der Waals surface area contributed by atoms with Crippen molar-refractivity contribution in [2.45, 2.75) is 13.5 Å². The van der Waals surface area contributed by atoms with Crippen LogP contribution < -0.4 is 10.2 Å². The lowest BCUT2D eigenvalue weighted by Gasteiger charge is -2.14. The quantitative estimate of drug-likeness (QED) is 0.871. The van der Waals surface area contributed by atoms with Crippen molar-refractivity contribution in [1.82, 2.24) is 0 Å². The van der Waals surface area contributed by atoms with Crippen LogP contribution in [-0.2, 0) is 11.3 Å². The Kier molecular flexibility index (Phi) is 5.52. The van der Waals surface area contributed by atoms with Gasteiger partial charge in [0, 0.05) is 16.3 Å². The first-order chi connectivity index (χ1) is 10.5.